The highest BCUT2D eigenvalue weighted by Gasteiger charge is 2.34. The van der Waals surface area contributed by atoms with Crippen molar-refractivity contribution in [1.82, 2.24) is 4.90 Å². The van der Waals surface area contributed by atoms with Gasteiger partial charge in [-0.1, -0.05) is 13.8 Å². The minimum atomic E-state index is 0.141. The molecule has 1 aromatic carbocycles. The molecule has 3 heterocycles. The van der Waals surface area contributed by atoms with E-state index >= 15 is 0 Å². The van der Waals surface area contributed by atoms with Crippen molar-refractivity contribution < 1.29 is 9.37 Å². The number of hydrogen-bond donors (Lipinski definition) is 0. The molecule has 4 aliphatic rings. The van der Waals surface area contributed by atoms with E-state index < -0.39 is 0 Å². The number of fused-ring (bicyclic) bond motifs is 3. The molecule has 5 heteroatoms. The Bertz CT molecular complexity index is 1410. The SMILES string of the molecule is CN1CCC(C)(C)c2cc3c(cc21)CC1=CC(=[N+](C)C)C=CC1=C3c1ccc(C(=O)N2CCCCC2)s1. The number of rotatable bonds is 2. The predicted molar refractivity (Wildman–Crippen MR) is 155 cm³/mol. The van der Waals surface area contributed by atoms with E-state index in [0.29, 0.717) is 0 Å². The molecule has 0 radical (unpaired) electrons. The molecule has 2 aliphatic heterocycles. The Hall–Kier alpha value is -2.92. The number of carbonyl (C=O) groups is 1. The maximum atomic E-state index is 13.3. The van der Waals surface area contributed by atoms with Gasteiger partial charge in [-0.25, -0.2) is 4.58 Å². The van der Waals surface area contributed by atoms with Crippen molar-refractivity contribution in [2.45, 2.75) is 51.4 Å². The summed E-state index contributed by atoms with van der Waals surface area (Å²) in [6.07, 6.45) is 12.4. The zero-order chi connectivity index (χ0) is 25.9. The van der Waals surface area contributed by atoms with Crippen molar-refractivity contribution in [2.24, 2.45) is 0 Å². The van der Waals surface area contributed by atoms with Gasteiger partial charge in [0.1, 0.15) is 14.1 Å². The first-order valence-electron chi connectivity index (χ1n) is 13.7. The van der Waals surface area contributed by atoms with Gasteiger partial charge in [-0.05, 0) is 95.7 Å². The van der Waals surface area contributed by atoms with Crippen LogP contribution < -0.4 is 4.90 Å². The van der Waals surface area contributed by atoms with Gasteiger partial charge in [-0.15, -0.1) is 11.3 Å². The number of amides is 1. The predicted octanol–water partition coefficient (Wildman–Crippen LogP) is 6.06. The van der Waals surface area contributed by atoms with Crippen molar-refractivity contribution >= 4 is 34.2 Å². The van der Waals surface area contributed by atoms with E-state index in [-0.39, 0.29) is 11.3 Å². The fourth-order valence-corrected chi connectivity index (χ4v) is 7.32. The number of thiophene rings is 1. The molecule has 1 amide bonds. The van der Waals surface area contributed by atoms with E-state index in [1.807, 2.05) is 4.90 Å². The highest BCUT2D eigenvalue weighted by molar-refractivity contribution is 7.15. The largest absolute Gasteiger partial charge is 0.374 e. The van der Waals surface area contributed by atoms with Crippen molar-refractivity contribution in [3.8, 4) is 0 Å². The van der Waals surface area contributed by atoms with Crippen LogP contribution in [-0.2, 0) is 11.8 Å². The highest BCUT2D eigenvalue weighted by Crippen LogP contribution is 2.48. The fraction of sp³-hybridized carbons (Fsp3) is 0.438. The Kier molecular flexibility index (Phi) is 6.02. The first-order valence-corrected chi connectivity index (χ1v) is 14.5. The summed E-state index contributed by atoms with van der Waals surface area (Å²) in [5.74, 6) is 0.198. The maximum Gasteiger partial charge on any atom is 0.263 e. The summed E-state index contributed by atoms with van der Waals surface area (Å²) in [6, 6.07) is 9.17. The van der Waals surface area contributed by atoms with Crippen molar-refractivity contribution in [2.75, 3.05) is 45.7 Å². The van der Waals surface area contributed by atoms with Gasteiger partial charge < -0.3 is 9.80 Å². The molecule has 2 aromatic rings. The normalized spacial score (nSPS) is 20.4. The van der Waals surface area contributed by atoms with E-state index in [1.54, 1.807) is 11.3 Å². The quantitative estimate of drug-likeness (QED) is 0.458. The molecule has 6 rings (SSSR count). The third-order valence-electron chi connectivity index (χ3n) is 8.67. The van der Waals surface area contributed by atoms with E-state index in [2.05, 4.69) is 87.0 Å². The zero-order valence-electron chi connectivity index (χ0n) is 22.9. The van der Waals surface area contributed by atoms with Crippen LogP contribution >= 0.6 is 11.3 Å². The van der Waals surface area contributed by atoms with Crippen LogP contribution in [0.25, 0.3) is 5.57 Å². The van der Waals surface area contributed by atoms with E-state index in [1.165, 1.54) is 56.1 Å². The Labute approximate surface area is 225 Å². The lowest BCUT2D eigenvalue weighted by atomic mass is 9.73. The van der Waals surface area contributed by atoms with Gasteiger partial charge in [-0.2, -0.15) is 0 Å². The average Bonchev–Trinajstić information content (AvgIpc) is 3.38. The lowest BCUT2D eigenvalue weighted by Crippen LogP contribution is -2.35. The summed E-state index contributed by atoms with van der Waals surface area (Å²) >= 11 is 1.67. The number of nitrogens with zero attached hydrogens (tertiary/aromatic N) is 3. The Morgan fingerprint density at radius 1 is 1.03 bits per heavy atom. The third-order valence-corrected chi connectivity index (χ3v) is 9.76. The van der Waals surface area contributed by atoms with E-state index in [9.17, 15) is 4.79 Å². The van der Waals surface area contributed by atoms with Crippen LogP contribution in [0.1, 0.15) is 70.8 Å². The molecular formula is C32H38N3OS+. The number of carbonyl (C=O) groups excluding carboxylic acids is 1. The van der Waals surface area contributed by atoms with Crippen LogP contribution in [-0.4, -0.2) is 61.9 Å². The van der Waals surface area contributed by atoms with Crippen molar-refractivity contribution in [3.05, 3.63) is 80.1 Å². The van der Waals surface area contributed by atoms with Crippen LogP contribution in [0.4, 0.5) is 5.69 Å². The summed E-state index contributed by atoms with van der Waals surface area (Å²) in [7, 11) is 6.44. The van der Waals surface area contributed by atoms with E-state index in [0.717, 1.165) is 50.2 Å². The van der Waals surface area contributed by atoms with Crippen molar-refractivity contribution in [1.29, 1.82) is 0 Å². The zero-order valence-corrected chi connectivity index (χ0v) is 23.7. The monoisotopic (exact) mass is 512 g/mol. The molecule has 0 unspecified atom stereocenters. The molecule has 4 nitrogen and oxygen atoms in total. The molecule has 37 heavy (non-hydrogen) atoms. The number of piperidine rings is 1. The number of benzene rings is 1. The molecule has 1 fully saturated rings. The molecule has 2 aliphatic carbocycles. The van der Waals surface area contributed by atoms with Gasteiger partial charge in [0.25, 0.3) is 5.91 Å². The Morgan fingerprint density at radius 3 is 2.57 bits per heavy atom. The number of allylic oxidation sites excluding steroid dienone is 5. The second-order valence-electron chi connectivity index (χ2n) is 11.9. The topological polar surface area (TPSA) is 26.6 Å². The van der Waals surface area contributed by atoms with Gasteiger partial charge in [-0.3, -0.25) is 4.79 Å². The summed E-state index contributed by atoms with van der Waals surface area (Å²) in [5, 5.41) is 0. The van der Waals surface area contributed by atoms with Gasteiger partial charge >= 0.3 is 0 Å². The highest BCUT2D eigenvalue weighted by atomic mass is 32.1. The smallest absolute Gasteiger partial charge is 0.263 e. The Balaban J connectivity index is 1.51. The third kappa shape index (κ3) is 4.21. The molecule has 1 saturated heterocycles. The standard InChI is InChI=1S/C32H38N3OS/c1-32(2)13-16-34(5)27-19-22-17-21-18-23(33(3)4)9-10-24(21)30(25(22)20-26(27)32)28-11-12-29(37-28)31(36)35-14-7-6-8-15-35/h9-12,18-20H,6-8,13-17H2,1-5H3/q+1. The first kappa shape index (κ1) is 24.4. The molecule has 192 valence electrons. The Morgan fingerprint density at radius 2 is 1.81 bits per heavy atom. The summed E-state index contributed by atoms with van der Waals surface area (Å²) < 4.78 is 2.18. The minimum Gasteiger partial charge on any atom is -0.374 e. The van der Waals surface area contributed by atoms with Gasteiger partial charge in [0.2, 0.25) is 0 Å². The van der Waals surface area contributed by atoms with Crippen LogP contribution in [0.5, 0.6) is 0 Å². The van der Waals surface area contributed by atoms with Crippen LogP contribution in [0.3, 0.4) is 0 Å². The number of anilines is 1. The maximum absolute atomic E-state index is 13.3. The van der Waals surface area contributed by atoms with E-state index in [4.69, 9.17) is 0 Å². The summed E-state index contributed by atoms with van der Waals surface area (Å²) in [4.78, 5) is 19.9. The molecule has 0 N–H and O–H groups in total. The second-order valence-corrected chi connectivity index (χ2v) is 13.0. The molecule has 0 saturated carbocycles. The average molecular weight is 513 g/mol. The molecule has 1 aromatic heterocycles. The second kappa shape index (κ2) is 9.13. The van der Waals surface area contributed by atoms with Gasteiger partial charge in [0.15, 0.2) is 5.71 Å². The molecule has 0 atom stereocenters. The molecule has 0 bridgehead atoms. The van der Waals surface area contributed by atoms with Crippen LogP contribution in [0.2, 0.25) is 0 Å². The number of likely N-dealkylation sites (tertiary alicyclic amines) is 1. The number of hydrogen-bond acceptors (Lipinski definition) is 3. The summed E-state index contributed by atoms with van der Waals surface area (Å²) in [6.45, 7) is 7.62. The first-order chi connectivity index (χ1) is 17.7. The molecule has 0 spiro atoms. The van der Waals surface area contributed by atoms with Crippen LogP contribution in [0, 0.1) is 0 Å². The van der Waals surface area contributed by atoms with Crippen molar-refractivity contribution in [3.63, 3.8) is 0 Å². The van der Waals surface area contributed by atoms with Crippen LogP contribution in [0.15, 0.2) is 53.6 Å². The van der Waals surface area contributed by atoms with Gasteiger partial charge in [0.05, 0.1) is 4.88 Å². The lowest BCUT2D eigenvalue weighted by Gasteiger charge is -2.40. The summed E-state index contributed by atoms with van der Waals surface area (Å²) in [5.41, 5.74) is 10.9. The lowest BCUT2D eigenvalue weighted by molar-refractivity contribution is -0.462. The minimum absolute atomic E-state index is 0.141. The van der Waals surface area contributed by atoms with Gasteiger partial charge in [0, 0.05) is 55.0 Å². The fourth-order valence-electron chi connectivity index (χ4n) is 6.27. The molecular weight excluding hydrogens is 474 g/mol.